The average Bonchev–Trinajstić information content (AvgIpc) is 2.82. The van der Waals surface area contributed by atoms with Crippen molar-refractivity contribution in [3.63, 3.8) is 0 Å². The van der Waals surface area contributed by atoms with Crippen molar-refractivity contribution in [2.75, 3.05) is 33.1 Å². The van der Waals surface area contributed by atoms with Gasteiger partial charge in [-0.1, -0.05) is 30.3 Å². The van der Waals surface area contributed by atoms with Crippen LogP contribution in [-0.2, 0) is 16.6 Å². The summed E-state index contributed by atoms with van der Waals surface area (Å²) in [5, 5.41) is 3.03. The first-order chi connectivity index (χ1) is 15.3. The standard InChI is InChI=1S/C24H26N2O5S/c1-26(17-18-7-5-4-6-8-18)32(28,29)21-12-10-20(11-13-21)25-16-22(27)19-9-14-23(30-2)24(15-19)31-3/h4-15,25H,16-17H2,1-3H3. The number of sulfonamides is 1. The first-order valence-corrected chi connectivity index (χ1v) is 11.4. The molecule has 7 nitrogen and oxygen atoms in total. The largest absolute Gasteiger partial charge is 0.493 e. The van der Waals surface area contributed by atoms with Crippen LogP contribution in [0.15, 0.2) is 77.7 Å². The lowest BCUT2D eigenvalue weighted by atomic mass is 10.1. The molecule has 0 radical (unpaired) electrons. The highest BCUT2D eigenvalue weighted by molar-refractivity contribution is 7.89. The molecule has 3 aromatic carbocycles. The summed E-state index contributed by atoms with van der Waals surface area (Å²) in [6.45, 7) is 0.332. The second-order valence-electron chi connectivity index (χ2n) is 7.12. The zero-order chi connectivity index (χ0) is 23.1. The first-order valence-electron chi connectivity index (χ1n) is 9.94. The summed E-state index contributed by atoms with van der Waals surface area (Å²) in [7, 11) is 0.965. The van der Waals surface area contributed by atoms with Crippen molar-refractivity contribution < 1.29 is 22.7 Å². The third-order valence-corrected chi connectivity index (χ3v) is 6.79. The van der Waals surface area contributed by atoms with Gasteiger partial charge in [0.05, 0.1) is 25.7 Å². The smallest absolute Gasteiger partial charge is 0.243 e. The minimum absolute atomic E-state index is 0.0511. The Kier molecular flexibility index (Phi) is 7.50. The molecule has 0 atom stereocenters. The zero-order valence-electron chi connectivity index (χ0n) is 18.2. The molecule has 8 heteroatoms. The second-order valence-corrected chi connectivity index (χ2v) is 9.16. The minimum Gasteiger partial charge on any atom is -0.493 e. The van der Waals surface area contributed by atoms with E-state index in [1.807, 2.05) is 30.3 Å². The van der Waals surface area contributed by atoms with Crippen LogP contribution in [0, 0.1) is 0 Å². The lowest BCUT2D eigenvalue weighted by Crippen LogP contribution is -2.26. The molecule has 0 aliphatic rings. The van der Waals surface area contributed by atoms with Gasteiger partial charge >= 0.3 is 0 Å². The Bertz CT molecular complexity index is 1160. The van der Waals surface area contributed by atoms with Gasteiger partial charge in [0.25, 0.3) is 0 Å². The summed E-state index contributed by atoms with van der Waals surface area (Å²) in [6, 6.07) is 20.7. The van der Waals surface area contributed by atoms with Gasteiger partial charge in [0.15, 0.2) is 17.3 Å². The third-order valence-electron chi connectivity index (χ3n) is 4.97. The lowest BCUT2D eigenvalue weighted by Gasteiger charge is -2.17. The van der Waals surface area contributed by atoms with Gasteiger partial charge in [0, 0.05) is 24.8 Å². The maximum absolute atomic E-state index is 12.8. The number of methoxy groups -OCH3 is 2. The Balaban J connectivity index is 1.63. The molecule has 0 aliphatic carbocycles. The van der Waals surface area contributed by atoms with Gasteiger partial charge in [-0.25, -0.2) is 8.42 Å². The molecule has 32 heavy (non-hydrogen) atoms. The van der Waals surface area contributed by atoms with E-state index in [9.17, 15) is 13.2 Å². The number of rotatable bonds is 10. The fraction of sp³-hybridized carbons (Fsp3) is 0.208. The third kappa shape index (κ3) is 5.46. The maximum Gasteiger partial charge on any atom is 0.243 e. The number of nitrogens with one attached hydrogen (secondary N) is 1. The molecule has 168 valence electrons. The van der Waals surface area contributed by atoms with E-state index in [-0.39, 0.29) is 23.8 Å². The van der Waals surface area contributed by atoms with Crippen LogP contribution < -0.4 is 14.8 Å². The normalized spacial score (nSPS) is 11.2. The van der Waals surface area contributed by atoms with Crippen LogP contribution in [0.4, 0.5) is 5.69 Å². The topological polar surface area (TPSA) is 84.9 Å². The molecule has 0 heterocycles. The molecule has 3 rings (SSSR count). The Morgan fingerprint density at radius 3 is 2.19 bits per heavy atom. The molecular weight excluding hydrogens is 428 g/mol. The average molecular weight is 455 g/mol. The van der Waals surface area contributed by atoms with E-state index < -0.39 is 10.0 Å². The molecule has 3 aromatic rings. The number of benzene rings is 3. The quantitative estimate of drug-likeness (QED) is 0.469. The number of hydrogen-bond acceptors (Lipinski definition) is 6. The van der Waals surface area contributed by atoms with Crippen molar-refractivity contribution >= 4 is 21.5 Å². The molecule has 0 amide bonds. The van der Waals surface area contributed by atoms with E-state index in [0.717, 1.165) is 5.56 Å². The molecule has 0 saturated carbocycles. The number of carbonyl (C=O) groups excluding carboxylic acids is 1. The van der Waals surface area contributed by atoms with Crippen LogP contribution in [0.25, 0.3) is 0 Å². The highest BCUT2D eigenvalue weighted by Crippen LogP contribution is 2.27. The summed E-state index contributed by atoms with van der Waals surface area (Å²) in [4.78, 5) is 12.7. The predicted octanol–water partition coefficient (Wildman–Crippen LogP) is 3.82. The van der Waals surface area contributed by atoms with Gasteiger partial charge in [-0.15, -0.1) is 0 Å². The summed E-state index contributed by atoms with van der Waals surface area (Å²) in [5.41, 5.74) is 2.03. The number of hydrogen-bond donors (Lipinski definition) is 1. The molecule has 1 N–H and O–H groups in total. The second kappa shape index (κ2) is 10.3. The SMILES string of the molecule is COc1ccc(C(=O)CNc2ccc(S(=O)(=O)N(C)Cc3ccccc3)cc2)cc1OC. The molecule has 0 saturated heterocycles. The Hall–Kier alpha value is -3.36. The van der Waals surface area contributed by atoms with Gasteiger partial charge in [-0.05, 0) is 48.0 Å². The van der Waals surface area contributed by atoms with Gasteiger partial charge in [0.1, 0.15) is 0 Å². The lowest BCUT2D eigenvalue weighted by molar-refractivity contribution is 0.101. The summed E-state index contributed by atoms with van der Waals surface area (Å²) < 4.78 is 37.4. The van der Waals surface area contributed by atoms with Crippen LogP contribution in [0.3, 0.4) is 0 Å². The van der Waals surface area contributed by atoms with Crippen molar-refractivity contribution in [1.29, 1.82) is 0 Å². The van der Waals surface area contributed by atoms with Crippen molar-refractivity contribution in [1.82, 2.24) is 4.31 Å². The molecule has 0 spiro atoms. The van der Waals surface area contributed by atoms with Crippen molar-refractivity contribution in [3.05, 3.63) is 83.9 Å². The number of anilines is 1. The molecule has 0 bridgehead atoms. The van der Waals surface area contributed by atoms with Crippen molar-refractivity contribution in [3.8, 4) is 11.5 Å². The Labute approximate surface area is 188 Å². The highest BCUT2D eigenvalue weighted by Gasteiger charge is 2.21. The molecule has 0 aliphatic heterocycles. The van der Waals surface area contributed by atoms with E-state index in [2.05, 4.69) is 5.32 Å². The number of nitrogens with zero attached hydrogens (tertiary/aromatic N) is 1. The molecule has 0 aromatic heterocycles. The van der Waals surface area contributed by atoms with Gasteiger partial charge in [-0.2, -0.15) is 4.31 Å². The number of ether oxygens (including phenoxy) is 2. The van der Waals surface area contributed by atoms with E-state index in [4.69, 9.17) is 9.47 Å². The van der Waals surface area contributed by atoms with E-state index >= 15 is 0 Å². The highest BCUT2D eigenvalue weighted by atomic mass is 32.2. The number of ketones is 1. The molecule has 0 fully saturated rings. The van der Waals surface area contributed by atoms with Crippen LogP contribution >= 0.6 is 0 Å². The fourth-order valence-corrected chi connectivity index (χ4v) is 4.30. The molecular formula is C24H26N2O5S. The van der Waals surface area contributed by atoms with Crippen molar-refractivity contribution in [2.45, 2.75) is 11.4 Å². The fourth-order valence-electron chi connectivity index (χ4n) is 3.14. The maximum atomic E-state index is 12.8. The Morgan fingerprint density at radius 2 is 1.56 bits per heavy atom. The van der Waals surface area contributed by atoms with Crippen molar-refractivity contribution in [2.24, 2.45) is 0 Å². The number of carbonyl (C=O) groups is 1. The van der Waals surface area contributed by atoms with Gasteiger partial charge < -0.3 is 14.8 Å². The minimum atomic E-state index is -3.63. The van der Waals surface area contributed by atoms with E-state index in [1.165, 1.54) is 30.7 Å². The summed E-state index contributed by atoms with van der Waals surface area (Å²) >= 11 is 0. The van der Waals surface area contributed by atoms with Gasteiger partial charge in [-0.3, -0.25) is 4.79 Å². The molecule has 0 unspecified atom stereocenters. The van der Waals surface area contributed by atoms with E-state index in [0.29, 0.717) is 22.7 Å². The number of Topliss-reactive ketones (excluding diaryl/α,β-unsaturated/α-hetero) is 1. The predicted molar refractivity (Wildman–Crippen MR) is 124 cm³/mol. The van der Waals surface area contributed by atoms with Crippen LogP contribution in [0.2, 0.25) is 0 Å². The van der Waals surface area contributed by atoms with Crippen LogP contribution in [0.1, 0.15) is 15.9 Å². The summed E-state index contributed by atoms with van der Waals surface area (Å²) in [5.74, 6) is 0.892. The first kappa shape index (κ1) is 23.3. The summed E-state index contributed by atoms with van der Waals surface area (Å²) in [6.07, 6.45) is 0. The Morgan fingerprint density at radius 1 is 0.906 bits per heavy atom. The van der Waals surface area contributed by atoms with Gasteiger partial charge in [0.2, 0.25) is 10.0 Å². The monoisotopic (exact) mass is 454 g/mol. The zero-order valence-corrected chi connectivity index (χ0v) is 19.1. The van der Waals surface area contributed by atoms with Crippen LogP contribution in [0.5, 0.6) is 11.5 Å². The van der Waals surface area contributed by atoms with Crippen LogP contribution in [-0.4, -0.2) is 46.3 Å². The van der Waals surface area contributed by atoms with E-state index in [1.54, 1.807) is 37.4 Å².